The molecule has 2 aromatic heterocycles. The van der Waals surface area contributed by atoms with Gasteiger partial charge in [-0.05, 0) is 31.9 Å². The third-order valence-electron chi connectivity index (χ3n) is 2.84. The first-order valence-corrected chi connectivity index (χ1v) is 5.25. The van der Waals surface area contributed by atoms with Crippen molar-refractivity contribution in [2.45, 2.75) is 25.8 Å². The van der Waals surface area contributed by atoms with Gasteiger partial charge in [0.25, 0.3) is 0 Å². The third kappa shape index (κ3) is 1.28. The number of aryl methyl sites for hydroxylation is 1. The molecule has 2 aromatic rings. The molecule has 1 saturated carbocycles. The number of carboxylic acids is 1. The van der Waals surface area contributed by atoms with Crippen molar-refractivity contribution < 1.29 is 9.90 Å². The van der Waals surface area contributed by atoms with E-state index < -0.39 is 5.97 Å². The molecule has 0 spiro atoms. The summed E-state index contributed by atoms with van der Waals surface area (Å²) in [5, 5.41) is 8.90. The zero-order valence-electron chi connectivity index (χ0n) is 8.84. The second-order valence-corrected chi connectivity index (χ2v) is 4.10. The molecular formula is C11H11N3O2. The van der Waals surface area contributed by atoms with Gasteiger partial charge in [0.15, 0.2) is 11.3 Å². The first-order chi connectivity index (χ1) is 7.66. The topological polar surface area (TPSA) is 68.0 Å². The molecule has 82 valence electrons. The molecule has 0 aromatic carbocycles. The minimum atomic E-state index is -0.997. The highest BCUT2D eigenvalue weighted by Crippen LogP contribution is 2.37. The van der Waals surface area contributed by atoms with Gasteiger partial charge in [-0.1, -0.05) is 0 Å². The molecule has 0 saturated heterocycles. The quantitative estimate of drug-likeness (QED) is 0.832. The number of pyridine rings is 1. The van der Waals surface area contributed by atoms with Crippen molar-refractivity contribution in [3.63, 3.8) is 0 Å². The first kappa shape index (κ1) is 9.33. The highest BCUT2D eigenvalue weighted by Gasteiger charge is 2.27. The van der Waals surface area contributed by atoms with Crippen LogP contribution in [0, 0.1) is 6.92 Å². The van der Waals surface area contributed by atoms with E-state index in [1.165, 1.54) is 6.07 Å². The maximum atomic E-state index is 10.9. The summed E-state index contributed by atoms with van der Waals surface area (Å²) in [5.41, 5.74) is 1.55. The van der Waals surface area contributed by atoms with Crippen LogP contribution in [0.15, 0.2) is 12.1 Å². The van der Waals surface area contributed by atoms with Crippen LogP contribution in [0.2, 0.25) is 0 Å². The van der Waals surface area contributed by atoms with Gasteiger partial charge in [-0.25, -0.2) is 14.8 Å². The van der Waals surface area contributed by atoms with Crippen LogP contribution in [-0.4, -0.2) is 25.6 Å². The molecule has 5 nitrogen and oxygen atoms in total. The highest BCUT2D eigenvalue weighted by atomic mass is 16.4. The lowest BCUT2D eigenvalue weighted by atomic mass is 10.3. The normalized spacial score (nSPS) is 15.6. The van der Waals surface area contributed by atoms with E-state index in [9.17, 15) is 4.79 Å². The van der Waals surface area contributed by atoms with Crippen LogP contribution >= 0.6 is 0 Å². The van der Waals surface area contributed by atoms with Crippen LogP contribution in [0.5, 0.6) is 0 Å². The molecule has 16 heavy (non-hydrogen) atoms. The van der Waals surface area contributed by atoms with Gasteiger partial charge >= 0.3 is 5.97 Å². The molecule has 0 atom stereocenters. The van der Waals surface area contributed by atoms with Gasteiger partial charge in [0.05, 0.1) is 0 Å². The minimum absolute atomic E-state index is 0.0781. The predicted octanol–water partition coefficient (Wildman–Crippen LogP) is 1.77. The molecule has 1 aliphatic carbocycles. The van der Waals surface area contributed by atoms with Crippen LogP contribution in [0.4, 0.5) is 0 Å². The van der Waals surface area contributed by atoms with Crippen LogP contribution in [-0.2, 0) is 0 Å². The van der Waals surface area contributed by atoms with E-state index in [2.05, 4.69) is 9.97 Å². The highest BCUT2D eigenvalue weighted by molar-refractivity contribution is 5.88. The molecule has 1 N–H and O–H groups in total. The number of hydrogen-bond acceptors (Lipinski definition) is 3. The summed E-state index contributed by atoms with van der Waals surface area (Å²) in [6, 6.07) is 3.67. The number of hydrogen-bond donors (Lipinski definition) is 1. The third-order valence-corrected chi connectivity index (χ3v) is 2.84. The summed E-state index contributed by atoms with van der Waals surface area (Å²) in [7, 11) is 0. The summed E-state index contributed by atoms with van der Waals surface area (Å²) < 4.78 is 2.04. The van der Waals surface area contributed by atoms with Crippen molar-refractivity contribution in [2.75, 3.05) is 0 Å². The Balaban J connectivity index is 2.27. The number of rotatable bonds is 2. The van der Waals surface area contributed by atoms with Gasteiger partial charge in [0.1, 0.15) is 11.3 Å². The van der Waals surface area contributed by atoms with E-state index in [4.69, 9.17) is 5.11 Å². The largest absolute Gasteiger partial charge is 0.477 e. The van der Waals surface area contributed by atoms with Gasteiger partial charge in [-0.15, -0.1) is 0 Å². The fourth-order valence-electron chi connectivity index (χ4n) is 1.98. The van der Waals surface area contributed by atoms with Gasteiger partial charge in [0.2, 0.25) is 0 Å². The molecule has 0 bridgehead atoms. The van der Waals surface area contributed by atoms with Crippen molar-refractivity contribution >= 4 is 17.1 Å². The van der Waals surface area contributed by atoms with Gasteiger partial charge in [-0.3, -0.25) is 0 Å². The Morgan fingerprint density at radius 1 is 1.44 bits per heavy atom. The average Bonchev–Trinajstić information content (AvgIpc) is 3.00. The smallest absolute Gasteiger partial charge is 0.354 e. The number of aromatic nitrogens is 3. The lowest BCUT2D eigenvalue weighted by Gasteiger charge is -2.02. The fourth-order valence-corrected chi connectivity index (χ4v) is 1.98. The molecular weight excluding hydrogens is 206 g/mol. The Bertz CT molecular complexity index is 584. The van der Waals surface area contributed by atoms with E-state index >= 15 is 0 Å². The summed E-state index contributed by atoms with van der Waals surface area (Å²) >= 11 is 0. The zero-order valence-corrected chi connectivity index (χ0v) is 8.84. The maximum Gasteiger partial charge on any atom is 0.354 e. The lowest BCUT2D eigenvalue weighted by Crippen LogP contribution is -2.03. The van der Waals surface area contributed by atoms with Crippen molar-refractivity contribution in [3.05, 3.63) is 23.7 Å². The Hall–Kier alpha value is -1.91. The van der Waals surface area contributed by atoms with Crippen LogP contribution in [0.3, 0.4) is 0 Å². The molecule has 2 heterocycles. The molecule has 0 amide bonds. The molecule has 3 rings (SSSR count). The van der Waals surface area contributed by atoms with Crippen molar-refractivity contribution in [1.82, 2.24) is 14.5 Å². The molecule has 1 fully saturated rings. The summed E-state index contributed by atoms with van der Waals surface area (Å²) in [6.45, 7) is 1.93. The van der Waals surface area contributed by atoms with Crippen LogP contribution in [0.1, 0.15) is 35.2 Å². The zero-order chi connectivity index (χ0) is 11.3. The molecule has 0 unspecified atom stereocenters. The summed E-state index contributed by atoms with van der Waals surface area (Å²) in [5.74, 6) is -0.0874. The van der Waals surface area contributed by atoms with E-state index in [0.29, 0.717) is 11.7 Å². The van der Waals surface area contributed by atoms with E-state index in [1.807, 2.05) is 11.5 Å². The van der Waals surface area contributed by atoms with Crippen molar-refractivity contribution in [3.8, 4) is 0 Å². The monoisotopic (exact) mass is 217 g/mol. The molecule has 0 radical (unpaired) electrons. The molecule has 5 heteroatoms. The van der Waals surface area contributed by atoms with Gasteiger partial charge in [-0.2, -0.15) is 0 Å². The standard InChI is InChI=1S/C11H11N3O2/c1-6-12-8-4-5-9(11(15)16)13-10(8)14(6)7-2-3-7/h4-5,7H,2-3H2,1H3,(H,15,16). The van der Waals surface area contributed by atoms with Crippen molar-refractivity contribution in [1.29, 1.82) is 0 Å². The second kappa shape index (κ2) is 3.04. The van der Waals surface area contributed by atoms with Crippen molar-refractivity contribution in [2.24, 2.45) is 0 Å². The van der Waals surface area contributed by atoms with Gasteiger partial charge in [0, 0.05) is 6.04 Å². The van der Waals surface area contributed by atoms with Crippen LogP contribution < -0.4 is 0 Å². The number of aromatic carboxylic acids is 1. The number of fused-ring (bicyclic) bond motifs is 1. The Kier molecular flexibility index (Phi) is 1.77. The molecule has 1 aliphatic rings. The minimum Gasteiger partial charge on any atom is -0.477 e. The average molecular weight is 217 g/mol. The fraction of sp³-hybridized carbons (Fsp3) is 0.364. The number of nitrogens with zero attached hydrogens (tertiary/aromatic N) is 3. The van der Waals surface area contributed by atoms with E-state index in [-0.39, 0.29) is 5.69 Å². The molecule has 0 aliphatic heterocycles. The number of carboxylic acid groups (broad SMARTS) is 1. The number of imidazole rings is 1. The van der Waals surface area contributed by atoms with E-state index in [1.54, 1.807) is 6.07 Å². The van der Waals surface area contributed by atoms with E-state index in [0.717, 1.165) is 24.2 Å². The summed E-state index contributed by atoms with van der Waals surface area (Å²) in [4.78, 5) is 19.4. The SMILES string of the molecule is Cc1nc2ccc(C(=O)O)nc2n1C1CC1. The Morgan fingerprint density at radius 2 is 2.19 bits per heavy atom. The predicted molar refractivity (Wildman–Crippen MR) is 57.5 cm³/mol. The first-order valence-electron chi connectivity index (χ1n) is 5.25. The second-order valence-electron chi connectivity index (χ2n) is 4.10. The van der Waals surface area contributed by atoms with Crippen LogP contribution in [0.25, 0.3) is 11.2 Å². The number of carbonyl (C=O) groups is 1. The summed E-state index contributed by atoms with van der Waals surface area (Å²) in [6.07, 6.45) is 2.26. The van der Waals surface area contributed by atoms with Gasteiger partial charge < -0.3 is 9.67 Å². The Morgan fingerprint density at radius 3 is 2.81 bits per heavy atom. The lowest BCUT2D eigenvalue weighted by molar-refractivity contribution is 0.0691. The maximum absolute atomic E-state index is 10.9. The Labute approximate surface area is 91.7 Å².